The Morgan fingerprint density at radius 1 is 1.39 bits per heavy atom. The molecule has 18 heavy (non-hydrogen) atoms. The van der Waals surface area contributed by atoms with Crippen molar-refractivity contribution in [3.05, 3.63) is 28.8 Å². The van der Waals surface area contributed by atoms with Crippen molar-refractivity contribution < 1.29 is 14.4 Å². The van der Waals surface area contributed by atoms with E-state index in [-0.39, 0.29) is 5.91 Å². The number of halogens is 1. The van der Waals surface area contributed by atoms with Crippen molar-refractivity contribution >= 4 is 17.5 Å². The highest BCUT2D eigenvalue weighted by Crippen LogP contribution is 2.24. The summed E-state index contributed by atoms with van der Waals surface area (Å²) >= 11 is 5.95. The van der Waals surface area contributed by atoms with Crippen molar-refractivity contribution in [3.63, 3.8) is 0 Å². The number of likely N-dealkylation sites (N-methyl/N-ethyl adjacent to an activating group) is 1. The fourth-order valence-electron chi connectivity index (χ4n) is 2.11. The molecule has 1 fully saturated rings. The predicted octanol–water partition coefficient (Wildman–Crippen LogP) is 0.319. The van der Waals surface area contributed by atoms with Crippen molar-refractivity contribution in [2.75, 3.05) is 40.3 Å². The normalized spacial score (nSPS) is 16.7. The van der Waals surface area contributed by atoms with Crippen molar-refractivity contribution in [1.82, 2.24) is 4.90 Å². The van der Waals surface area contributed by atoms with Gasteiger partial charge in [-0.15, -0.1) is 0 Å². The second-order valence-electron chi connectivity index (χ2n) is 4.59. The van der Waals surface area contributed by atoms with Gasteiger partial charge in [0.25, 0.3) is 5.91 Å². The van der Waals surface area contributed by atoms with Crippen LogP contribution in [0.4, 0.5) is 0 Å². The molecule has 1 aromatic rings. The molecule has 2 rings (SSSR count). The summed E-state index contributed by atoms with van der Waals surface area (Å²) in [7, 11) is 3.70. The van der Waals surface area contributed by atoms with Crippen LogP contribution in [0.1, 0.15) is 10.4 Å². The van der Waals surface area contributed by atoms with Crippen LogP contribution >= 0.6 is 11.6 Å². The van der Waals surface area contributed by atoms with Crippen LogP contribution in [0, 0.1) is 0 Å². The molecule has 1 aliphatic heterocycles. The van der Waals surface area contributed by atoms with Gasteiger partial charge < -0.3 is 14.5 Å². The van der Waals surface area contributed by atoms with E-state index in [9.17, 15) is 4.79 Å². The van der Waals surface area contributed by atoms with Crippen LogP contribution in [-0.2, 0) is 0 Å². The first-order chi connectivity index (χ1) is 8.61. The SMILES string of the molecule is COc1ccc(Cl)cc1C(=O)N1CC[NH+](C)CC1. The number of nitrogens with zero attached hydrogens (tertiary/aromatic N) is 1. The van der Waals surface area contributed by atoms with Crippen molar-refractivity contribution in [2.45, 2.75) is 0 Å². The maximum absolute atomic E-state index is 12.4. The molecule has 1 N–H and O–H groups in total. The Balaban J connectivity index is 2.20. The lowest BCUT2D eigenvalue weighted by molar-refractivity contribution is -0.883. The maximum Gasteiger partial charge on any atom is 0.258 e. The molecule has 0 bridgehead atoms. The number of piperazine rings is 1. The Labute approximate surface area is 112 Å². The molecule has 0 unspecified atom stereocenters. The summed E-state index contributed by atoms with van der Waals surface area (Å²) in [4.78, 5) is 15.7. The van der Waals surface area contributed by atoms with Crippen LogP contribution in [0.15, 0.2) is 18.2 Å². The second kappa shape index (κ2) is 5.59. The van der Waals surface area contributed by atoms with E-state index in [0.717, 1.165) is 26.2 Å². The standard InChI is InChI=1S/C13H17ClN2O2/c1-15-5-7-16(8-6-15)13(17)11-9-10(14)3-4-12(11)18-2/h3-4,9H,5-8H2,1-2H3/p+1. The Bertz CT molecular complexity index is 443. The molecule has 0 atom stereocenters. The molecule has 1 saturated heterocycles. The molecule has 0 saturated carbocycles. The van der Waals surface area contributed by atoms with Crippen molar-refractivity contribution in [1.29, 1.82) is 0 Å². The summed E-state index contributed by atoms with van der Waals surface area (Å²) in [5.74, 6) is 0.581. The lowest BCUT2D eigenvalue weighted by Gasteiger charge is -2.30. The van der Waals surface area contributed by atoms with E-state index in [1.165, 1.54) is 4.90 Å². The number of hydrogen-bond acceptors (Lipinski definition) is 2. The number of carbonyl (C=O) groups excluding carboxylic acids is 1. The van der Waals surface area contributed by atoms with E-state index in [4.69, 9.17) is 16.3 Å². The average molecular weight is 270 g/mol. The van der Waals surface area contributed by atoms with Gasteiger partial charge in [-0.3, -0.25) is 4.79 Å². The zero-order chi connectivity index (χ0) is 13.1. The highest BCUT2D eigenvalue weighted by atomic mass is 35.5. The van der Waals surface area contributed by atoms with Gasteiger partial charge in [-0.25, -0.2) is 0 Å². The van der Waals surface area contributed by atoms with Crippen LogP contribution in [0.2, 0.25) is 5.02 Å². The lowest BCUT2D eigenvalue weighted by Crippen LogP contribution is -3.12. The third-order valence-electron chi connectivity index (χ3n) is 3.30. The number of nitrogens with one attached hydrogen (secondary N) is 1. The van der Waals surface area contributed by atoms with Gasteiger partial charge in [-0.1, -0.05) is 11.6 Å². The van der Waals surface area contributed by atoms with Gasteiger partial charge in [0, 0.05) is 5.02 Å². The summed E-state index contributed by atoms with van der Waals surface area (Å²) in [5.41, 5.74) is 0.546. The lowest BCUT2D eigenvalue weighted by atomic mass is 10.1. The molecule has 1 amide bonds. The van der Waals surface area contributed by atoms with Crippen molar-refractivity contribution in [3.8, 4) is 5.75 Å². The van der Waals surface area contributed by atoms with Crippen molar-refractivity contribution in [2.24, 2.45) is 0 Å². The summed E-state index contributed by atoms with van der Waals surface area (Å²) in [5, 5.41) is 0.555. The zero-order valence-corrected chi connectivity index (χ0v) is 11.5. The van der Waals surface area contributed by atoms with Gasteiger partial charge in [-0.2, -0.15) is 0 Å². The number of hydrogen-bond donors (Lipinski definition) is 1. The van der Waals surface area contributed by atoms with Gasteiger partial charge in [-0.05, 0) is 18.2 Å². The highest BCUT2D eigenvalue weighted by molar-refractivity contribution is 6.31. The van der Waals surface area contributed by atoms with Gasteiger partial charge in [0.2, 0.25) is 0 Å². The molecule has 1 heterocycles. The molecule has 1 aromatic carbocycles. The van der Waals surface area contributed by atoms with E-state index in [0.29, 0.717) is 16.3 Å². The molecule has 0 aliphatic carbocycles. The monoisotopic (exact) mass is 269 g/mol. The minimum atomic E-state index is 0.00171. The summed E-state index contributed by atoms with van der Waals surface area (Å²) in [6.45, 7) is 3.52. The molecular formula is C13H18ClN2O2+. The smallest absolute Gasteiger partial charge is 0.258 e. The number of amides is 1. The quantitative estimate of drug-likeness (QED) is 0.839. The minimum absolute atomic E-state index is 0.00171. The Morgan fingerprint density at radius 2 is 2.06 bits per heavy atom. The van der Waals surface area contributed by atoms with Crippen LogP contribution in [0.25, 0.3) is 0 Å². The maximum atomic E-state index is 12.4. The van der Waals surface area contributed by atoms with Crippen LogP contribution in [-0.4, -0.2) is 51.1 Å². The highest BCUT2D eigenvalue weighted by Gasteiger charge is 2.24. The van der Waals surface area contributed by atoms with Gasteiger partial charge >= 0.3 is 0 Å². The Hall–Kier alpha value is -1.26. The summed E-state index contributed by atoms with van der Waals surface area (Å²) in [6, 6.07) is 5.14. The number of ether oxygens (including phenoxy) is 1. The number of rotatable bonds is 2. The fraction of sp³-hybridized carbons (Fsp3) is 0.462. The molecule has 1 aliphatic rings. The van der Waals surface area contributed by atoms with E-state index in [1.54, 1.807) is 25.3 Å². The largest absolute Gasteiger partial charge is 0.496 e. The predicted molar refractivity (Wildman–Crippen MR) is 70.5 cm³/mol. The van der Waals surface area contributed by atoms with E-state index < -0.39 is 0 Å². The number of methoxy groups -OCH3 is 1. The van der Waals surface area contributed by atoms with Crippen LogP contribution in [0.3, 0.4) is 0 Å². The Morgan fingerprint density at radius 3 is 2.67 bits per heavy atom. The average Bonchev–Trinajstić information content (AvgIpc) is 2.39. The fourth-order valence-corrected chi connectivity index (χ4v) is 2.28. The van der Waals surface area contributed by atoms with Crippen LogP contribution < -0.4 is 9.64 Å². The first kappa shape index (κ1) is 13.2. The minimum Gasteiger partial charge on any atom is -0.496 e. The third-order valence-corrected chi connectivity index (χ3v) is 3.53. The molecule has 5 heteroatoms. The topological polar surface area (TPSA) is 34.0 Å². The van der Waals surface area contributed by atoms with Gasteiger partial charge in [0.1, 0.15) is 5.75 Å². The molecular weight excluding hydrogens is 252 g/mol. The van der Waals surface area contributed by atoms with Gasteiger partial charge in [0.15, 0.2) is 0 Å². The summed E-state index contributed by atoms with van der Waals surface area (Å²) < 4.78 is 5.22. The zero-order valence-electron chi connectivity index (χ0n) is 10.7. The van der Waals surface area contributed by atoms with Crippen LogP contribution in [0.5, 0.6) is 5.75 Å². The first-order valence-electron chi connectivity index (χ1n) is 6.06. The first-order valence-corrected chi connectivity index (χ1v) is 6.43. The molecule has 98 valence electrons. The summed E-state index contributed by atoms with van der Waals surface area (Å²) in [6.07, 6.45) is 0. The third kappa shape index (κ3) is 2.76. The molecule has 0 radical (unpaired) electrons. The number of carbonyl (C=O) groups is 1. The van der Waals surface area contributed by atoms with E-state index in [1.807, 2.05) is 4.90 Å². The molecule has 0 aromatic heterocycles. The number of benzene rings is 1. The molecule has 0 spiro atoms. The molecule has 4 nitrogen and oxygen atoms in total. The Kier molecular flexibility index (Phi) is 4.09. The van der Waals surface area contributed by atoms with Gasteiger partial charge in [0.05, 0.1) is 45.9 Å². The van der Waals surface area contributed by atoms with E-state index in [2.05, 4.69) is 7.05 Å². The second-order valence-corrected chi connectivity index (χ2v) is 5.03. The number of quaternary nitrogens is 1. The van der Waals surface area contributed by atoms with E-state index >= 15 is 0 Å².